The molecule has 0 aliphatic carbocycles. The fourth-order valence-electron chi connectivity index (χ4n) is 3.00. The van der Waals surface area contributed by atoms with Crippen LogP contribution >= 0.6 is 11.8 Å². The molecule has 1 aromatic carbocycles. The van der Waals surface area contributed by atoms with Gasteiger partial charge in [-0.15, -0.1) is 11.8 Å². The lowest BCUT2D eigenvalue weighted by molar-refractivity contribution is 0.0658. The van der Waals surface area contributed by atoms with E-state index in [9.17, 15) is 9.18 Å². The van der Waals surface area contributed by atoms with Crippen LogP contribution in [0, 0.1) is 5.82 Å². The van der Waals surface area contributed by atoms with Crippen molar-refractivity contribution in [3.8, 4) is 0 Å². The predicted octanol–water partition coefficient (Wildman–Crippen LogP) is 2.93. The molecule has 0 spiro atoms. The molecular weight excluding hydrogens is 379 g/mol. The minimum atomic E-state index is -0.208. The molecule has 8 heteroatoms. The Bertz CT molecular complexity index is 772. The van der Waals surface area contributed by atoms with E-state index in [4.69, 9.17) is 4.42 Å². The lowest BCUT2D eigenvalue weighted by Crippen LogP contribution is -2.53. The van der Waals surface area contributed by atoms with Crippen LogP contribution in [0.2, 0.25) is 0 Å². The van der Waals surface area contributed by atoms with Crippen molar-refractivity contribution in [1.82, 2.24) is 15.1 Å². The van der Waals surface area contributed by atoms with Crippen LogP contribution in [0.5, 0.6) is 0 Å². The van der Waals surface area contributed by atoms with Gasteiger partial charge < -0.3 is 19.5 Å². The third-order valence-electron chi connectivity index (χ3n) is 4.50. The molecule has 1 saturated heterocycles. The molecule has 1 aliphatic rings. The van der Waals surface area contributed by atoms with Crippen LogP contribution in [0.3, 0.4) is 0 Å². The molecule has 6 nitrogen and oxygen atoms in total. The summed E-state index contributed by atoms with van der Waals surface area (Å²) in [6.45, 7) is 3.56. The van der Waals surface area contributed by atoms with Crippen LogP contribution in [0.25, 0.3) is 0 Å². The van der Waals surface area contributed by atoms with Crippen molar-refractivity contribution in [1.29, 1.82) is 0 Å². The number of furan rings is 1. The van der Waals surface area contributed by atoms with Crippen molar-refractivity contribution in [2.75, 3.05) is 45.5 Å². The maximum Gasteiger partial charge on any atom is 0.289 e. The molecule has 0 bridgehead atoms. The van der Waals surface area contributed by atoms with Crippen molar-refractivity contribution < 1.29 is 13.6 Å². The lowest BCUT2D eigenvalue weighted by Gasteiger charge is -2.36. The number of hydrogen-bond acceptors (Lipinski definition) is 4. The van der Waals surface area contributed by atoms with E-state index < -0.39 is 0 Å². The van der Waals surface area contributed by atoms with E-state index in [0.717, 1.165) is 42.7 Å². The Hall–Kier alpha value is -2.48. The number of halogens is 1. The number of rotatable bonds is 6. The molecule has 1 fully saturated rings. The zero-order chi connectivity index (χ0) is 19.8. The third-order valence-corrected chi connectivity index (χ3v) is 5.60. The first kappa shape index (κ1) is 20.3. The number of nitrogens with one attached hydrogen (secondary N) is 1. The van der Waals surface area contributed by atoms with E-state index in [1.807, 2.05) is 4.90 Å². The summed E-state index contributed by atoms with van der Waals surface area (Å²) in [6.07, 6.45) is 2.49. The Kier molecular flexibility index (Phi) is 7.36. The number of thioether (sulfide) groups is 1. The fraction of sp³-hybridized carbons (Fsp3) is 0.400. The molecule has 1 aromatic heterocycles. The van der Waals surface area contributed by atoms with Crippen molar-refractivity contribution >= 4 is 23.6 Å². The predicted molar refractivity (Wildman–Crippen MR) is 109 cm³/mol. The van der Waals surface area contributed by atoms with E-state index in [2.05, 4.69) is 15.2 Å². The SMILES string of the molecule is CN=C(NCCCSc1ccc(F)cc1)N1CCN(C(=O)c2ccco2)CC1. The van der Waals surface area contributed by atoms with Gasteiger partial charge in [-0.25, -0.2) is 4.39 Å². The summed E-state index contributed by atoms with van der Waals surface area (Å²) in [7, 11) is 1.77. The molecule has 0 unspecified atom stereocenters. The smallest absolute Gasteiger partial charge is 0.289 e. The van der Waals surface area contributed by atoms with Crippen molar-refractivity contribution in [2.24, 2.45) is 4.99 Å². The largest absolute Gasteiger partial charge is 0.459 e. The van der Waals surface area contributed by atoms with E-state index in [1.165, 1.54) is 18.4 Å². The van der Waals surface area contributed by atoms with Crippen LogP contribution < -0.4 is 5.32 Å². The Labute approximate surface area is 168 Å². The highest BCUT2D eigenvalue weighted by Crippen LogP contribution is 2.18. The molecular formula is C20H25FN4O2S. The van der Waals surface area contributed by atoms with Crippen LogP contribution in [0.15, 0.2) is 57.0 Å². The molecule has 2 heterocycles. The van der Waals surface area contributed by atoms with Gasteiger partial charge in [0.25, 0.3) is 5.91 Å². The van der Waals surface area contributed by atoms with Crippen LogP contribution in [-0.2, 0) is 0 Å². The van der Waals surface area contributed by atoms with Gasteiger partial charge in [-0.2, -0.15) is 0 Å². The molecule has 0 radical (unpaired) electrons. The zero-order valence-electron chi connectivity index (χ0n) is 15.9. The van der Waals surface area contributed by atoms with Crippen LogP contribution in [0.4, 0.5) is 4.39 Å². The quantitative estimate of drug-likeness (QED) is 0.347. The minimum absolute atomic E-state index is 0.0644. The number of benzene rings is 1. The van der Waals surface area contributed by atoms with Gasteiger partial charge in [-0.05, 0) is 48.6 Å². The van der Waals surface area contributed by atoms with Gasteiger partial charge in [-0.1, -0.05) is 0 Å². The van der Waals surface area contributed by atoms with Crippen molar-refractivity contribution in [3.05, 3.63) is 54.2 Å². The summed E-state index contributed by atoms with van der Waals surface area (Å²) >= 11 is 1.71. The van der Waals surface area contributed by atoms with Gasteiger partial charge >= 0.3 is 0 Å². The Morgan fingerprint density at radius 3 is 2.54 bits per heavy atom. The number of amides is 1. The molecule has 1 N–H and O–H groups in total. The molecule has 150 valence electrons. The molecule has 0 saturated carbocycles. The van der Waals surface area contributed by atoms with Crippen molar-refractivity contribution in [2.45, 2.75) is 11.3 Å². The normalized spacial score (nSPS) is 15.0. The van der Waals surface area contributed by atoms with E-state index in [1.54, 1.807) is 43.1 Å². The standard InChI is InChI=1S/C20H25FN4O2S/c1-22-20(23-9-3-15-28-17-7-5-16(21)6-8-17)25-12-10-24(11-13-25)19(26)18-4-2-14-27-18/h2,4-8,14H,3,9-13,15H2,1H3,(H,22,23). The molecule has 28 heavy (non-hydrogen) atoms. The summed E-state index contributed by atoms with van der Waals surface area (Å²) in [4.78, 5) is 21.7. The van der Waals surface area contributed by atoms with E-state index >= 15 is 0 Å². The minimum Gasteiger partial charge on any atom is -0.459 e. The van der Waals surface area contributed by atoms with E-state index in [0.29, 0.717) is 18.8 Å². The van der Waals surface area contributed by atoms with Gasteiger partial charge in [0, 0.05) is 44.7 Å². The molecule has 3 rings (SSSR count). The van der Waals surface area contributed by atoms with Gasteiger partial charge in [-0.3, -0.25) is 9.79 Å². The second-order valence-corrected chi connectivity index (χ2v) is 7.55. The summed E-state index contributed by atoms with van der Waals surface area (Å²) in [6, 6.07) is 9.99. The van der Waals surface area contributed by atoms with E-state index in [-0.39, 0.29) is 11.7 Å². The number of piperazine rings is 1. The average molecular weight is 405 g/mol. The zero-order valence-corrected chi connectivity index (χ0v) is 16.8. The highest BCUT2D eigenvalue weighted by Gasteiger charge is 2.24. The summed E-state index contributed by atoms with van der Waals surface area (Å²) in [5.41, 5.74) is 0. The van der Waals surface area contributed by atoms with Crippen LogP contribution in [0.1, 0.15) is 17.0 Å². The first-order valence-corrected chi connectivity index (χ1v) is 10.3. The topological polar surface area (TPSA) is 61.1 Å². The Morgan fingerprint density at radius 1 is 1.18 bits per heavy atom. The highest BCUT2D eigenvalue weighted by atomic mass is 32.2. The second kappa shape index (κ2) is 10.2. The Morgan fingerprint density at radius 2 is 1.89 bits per heavy atom. The van der Waals surface area contributed by atoms with Crippen LogP contribution in [-0.4, -0.2) is 67.2 Å². The first-order chi connectivity index (χ1) is 13.7. The number of hydrogen-bond donors (Lipinski definition) is 1. The fourth-order valence-corrected chi connectivity index (χ4v) is 3.86. The highest BCUT2D eigenvalue weighted by molar-refractivity contribution is 7.99. The second-order valence-electron chi connectivity index (χ2n) is 6.39. The molecule has 0 atom stereocenters. The summed E-state index contributed by atoms with van der Waals surface area (Å²) < 4.78 is 18.1. The summed E-state index contributed by atoms with van der Waals surface area (Å²) in [5, 5.41) is 3.39. The maximum atomic E-state index is 12.9. The molecule has 1 aliphatic heterocycles. The number of carbonyl (C=O) groups excluding carboxylic acids is 1. The van der Waals surface area contributed by atoms with Gasteiger partial charge in [0.2, 0.25) is 0 Å². The monoisotopic (exact) mass is 404 g/mol. The number of carbonyl (C=O) groups is 1. The third kappa shape index (κ3) is 5.51. The average Bonchev–Trinajstić information content (AvgIpc) is 3.27. The van der Waals surface area contributed by atoms with Gasteiger partial charge in [0.15, 0.2) is 11.7 Å². The summed E-state index contributed by atoms with van der Waals surface area (Å²) in [5.74, 6) is 1.92. The maximum absolute atomic E-state index is 12.9. The van der Waals surface area contributed by atoms with Crippen molar-refractivity contribution in [3.63, 3.8) is 0 Å². The Balaban J connectivity index is 1.36. The lowest BCUT2D eigenvalue weighted by atomic mass is 10.3. The first-order valence-electron chi connectivity index (χ1n) is 9.34. The number of aliphatic imine (C=N–C) groups is 1. The molecule has 1 amide bonds. The molecule has 2 aromatic rings. The number of nitrogens with zero attached hydrogens (tertiary/aromatic N) is 3. The number of guanidine groups is 1. The van der Waals surface area contributed by atoms with Gasteiger partial charge in [0.1, 0.15) is 5.82 Å². The van der Waals surface area contributed by atoms with Gasteiger partial charge in [0.05, 0.1) is 6.26 Å².